The van der Waals surface area contributed by atoms with Gasteiger partial charge in [0, 0.05) is 6.42 Å². The third-order valence-corrected chi connectivity index (χ3v) is 2.74. The van der Waals surface area contributed by atoms with E-state index >= 15 is 0 Å². The van der Waals surface area contributed by atoms with E-state index in [4.69, 9.17) is 9.47 Å². The van der Waals surface area contributed by atoms with Crippen LogP contribution in [0.15, 0.2) is 30.3 Å². The lowest BCUT2D eigenvalue weighted by Gasteiger charge is -2.16. The predicted octanol–water partition coefficient (Wildman–Crippen LogP) is 1.74. The largest absolute Gasteiger partial charge is 0.394 e. The van der Waals surface area contributed by atoms with Gasteiger partial charge in [-0.25, -0.2) is 0 Å². The number of aliphatic hydroxyl groups is 1. The Bertz CT molecular complexity index is 334. The molecule has 1 aromatic carbocycles. The Morgan fingerprint density at radius 1 is 1.12 bits per heavy atom. The second-order valence-electron chi connectivity index (χ2n) is 4.58. The van der Waals surface area contributed by atoms with E-state index in [-0.39, 0.29) is 18.8 Å². The molecule has 1 heterocycles. The molecule has 0 spiro atoms. The van der Waals surface area contributed by atoms with Gasteiger partial charge in [-0.05, 0) is 19.4 Å². The number of ether oxygens (including phenoxy) is 2. The van der Waals surface area contributed by atoms with Gasteiger partial charge in [0.25, 0.3) is 0 Å². The summed E-state index contributed by atoms with van der Waals surface area (Å²) in [5, 5.41) is 9.24. The first-order valence-corrected chi connectivity index (χ1v) is 5.61. The first-order valence-electron chi connectivity index (χ1n) is 5.61. The zero-order valence-corrected chi connectivity index (χ0v) is 9.72. The summed E-state index contributed by atoms with van der Waals surface area (Å²) in [7, 11) is 0. The zero-order chi connectivity index (χ0) is 11.6. The van der Waals surface area contributed by atoms with E-state index in [1.54, 1.807) is 0 Å². The Kier molecular flexibility index (Phi) is 3.28. The fourth-order valence-corrected chi connectivity index (χ4v) is 2.08. The summed E-state index contributed by atoms with van der Waals surface area (Å²) in [6.07, 6.45) is 0.479. The van der Waals surface area contributed by atoms with Crippen LogP contribution in [0.4, 0.5) is 0 Å². The molecule has 0 aromatic heterocycles. The molecule has 0 aliphatic carbocycles. The molecule has 1 fully saturated rings. The summed E-state index contributed by atoms with van der Waals surface area (Å²) in [6.45, 7) is 3.75. The fourth-order valence-electron chi connectivity index (χ4n) is 2.08. The topological polar surface area (TPSA) is 38.7 Å². The van der Waals surface area contributed by atoms with E-state index in [1.807, 2.05) is 32.0 Å². The standard InChI is InChI=1S/C13H18O3/c1-13(2)15-11(12(9-14)16-13)8-10-6-4-3-5-7-10/h3-7,11-12,14H,8-9H2,1-2H3/t11?,12-/m0/s1. The summed E-state index contributed by atoms with van der Waals surface area (Å²) in [6, 6.07) is 10.1. The highest BCUT2D eigenvalue weighted by Crippen LogP contribution is 2.29. The van der Waals surface area contributed by atoms with Crippen molar-refractivity contribution in [3.05, 3.63) is 35.9 Å². The third kappa shape index (κ3) is 2.61. The van der Waals surface area contributed by atoms with Gasteiger partial charge in [0.05, 0.1) is 12.7 Å². The fraction of sp³-hybridized carbons (Fsp3) is 0.538. The Balaban J connectivity index is 2.04. The Morgan fingerprint density at radius 2 is 1.75 bits per heavy atom. The van der Waals surface area contributed by atoms with Crippen molar-refractivity contribution < 1.29 is 14.6 Å². The van der Waals surface area contributed by atoms with Crippen LogP contribution in [0.1, 0.15) is 19.4 Å². The molecular formula is C13H18O3. The molecule has 1 N–H and O–H groups in total. The molecule has 0 saturated carbocycles. The molecule has 0 radical (unpaired) electrons. The minimum atomic E-state index is -0.590. The van der Waals surface area contributed by atoms with Crippen molar-refractivity contribution >= 4 is 0 Å². The number of aliphatic hydroxyl groups excluding tert-OH is 1. The van der Waals surface area contributed by atoms with Crippen molar-refractivity contribution in [2.75, 3.05) is 6.61 Å². The summed E-state index contributed by atoms with van der Waals surface area (Å²) in [5.74, 6) is -0.590. The molecule has 1 aliphatic heterocycles. The maximum Gasteiger partial charge on any atom is 0.163 e. The van der Waals surface area contributed by atoms with E-state index in [1.165, 1.54) is 5.56 Å². The molecule has 1 saturated heterocycles. The first kappa shape index (κ1) is 11.6. The predicted molar refractivity (Wildman–Crippen MR) is 61.1 cm³/mol. The van der Waals surface area contributed by atoms with E-state index in [9.17, 15) is 5.11 Å². The van der Waals surface area contributed by atoms with Crippen LogP contribution in [-0.2, 0) is 15.9 Å². The van der Waals surface area contributed by atoms with Crippen LogP contribution in [-0.4, -0.2) is 29.7 Å². The van der Waals surface area contributed by atoms with Crippen molar-refractivity contribution in [1.29, 1.82) is 0 Å². The van der Waals surface area contributed by atoms with Crippen LogP contribution >= 0.6 is 0 Å². The Hall–Kier alpha value is -0.900. The number of benzene rings is 1. The average Bonchev–Trinajstić information content (AvgIpc) is 2.54. The lowest BCUT2D eigenvalue weighted by atomic mass is 10.0. The number of hydrogen-bond acceptors (Lipinski definition) is 3. The van der Waals surface area contributed by atoms with Crippen LogP contribution < -0.4 is 0 Å². The second kappa shape index (κ2) is 4.53. The van der Waals surface area contributed by atoms with Crippen LogP contribution in [0.25, 0.3) is 0 Å². The van der Waals surface area contributed by atoms with Crippen LogP contribution in [0.5, 0.6) is 0 Å². The van der Waals surface area contributed by atoms with Crippen molar-refractivity contribution in [2.45, 2.75) is 38.3 Å². The quantitative estimate of drug-likeness (QED) is 0.846. The normalized spacial score (nSPS) is 28.2. The highest BCUT2D eigenvalue weighted by molar-refractivity contribution is 5.16. The minimum absolute atomic E-state index is 0.000923. The molecule has 16 heavy (non-hydrogen) atoms. The van der Waals surface area contributed by atoms with Gasteiger partial charge in [-0.2, -0.15) is 0 Å². The number of hydrogen-bond donors (Lipinski definition) is 1. The van der Waals surface area contributed by atoms with Crippen LogP contribution in [0, 0.1) is 0 Å². The van der Waals surface area contributed by atoms with Crippen LogP contribution in [0.3, 0.4) is 0 Å². The highest BCUT2D eigenvalue weighted by Gasteiger charge is 2.40. The van der Waals surface area contributed by atoms with Crippen LogP contribution in [0.2, 0.25) is 0 Å². The summed E-state index contributed by atoms with van der Waals surface area (Å²) < 4.78 is 11.4. The molecule has 0 bridgehead atoms. The van der Waals surface area contributed by atoms with E-state index < -0.39 is 5.79 Å². The van der Waals surface area contributed by atoms with Crippen molar-refractivity contribution in [2.24, 2.45) is 0 Å². The maximum absolute atomic E-state index is 9.24. The van der Waals surface area contributed by atoms with Gasteiger partial charge >= 0.3 is 0 Å². The molecular weight excluding hydrogens is 204 g/mol. The molecule has 2 rings (SSSR count). The van der Waals surface area contributed by atoms with E-state index in [0.717, 1.165) is 6.42 Å². The van der Waals surface area contributed by atoms with Crippen molar-refractivity contribution in [1.82, 2.24) is 0 Å². The molecule has 1 aliphatic rings. The third-order valence-electron chi connectivity index (χ3n) is 2.74. The first-order chi connectivity index (χ1) is 7.61. The minimum Gasteiger partial charge on any atom is -0.394 e. The molecule has 2 atom stereocenters. The van der Waals surface area contributed by atoms with Crippen molar-refractivity contribution in [3.8, 4) is 0 Å². The van der Waals surface area contributed by atoms with Gasteiger partial charge < -0.3 is 14.6 Å². The summed E-state index contributed by atoms with van der Waals surface area (Å²) in [5.41, 5.74) is 1.20. The average molecular weight is 222 g/mol. The van der Waals surface area contributed by atoms with Crippen molar-refractivity contribution in [3.63, 3.8) is 0 Å². The molecule has 3 nitrogen and oxygen atoms in total. The highest BCUT2D eigenvalue weighted by atomic mass is 16.8. The second-order valence-corrected chi connectivity index (χ2v) is 4.58. The zero-order valence-electron chi connectivity index (χ0n) is 9.72. The summed E-state index contributed by atoms with van der Waals surface area (Å²) in [4.78, 5) is 0. The summed E-state index contributed by atoms with van der Waals surface area (Å²) >= 11 is 0. The van der Waals surface area contributed by atoms with Gasteiger partial charge in [0.2, 0.25) is 0 Å². The van der Waals surface area contributed by atoms with E-state index in [0.29, 0.717) is 0 Å². The lowest BCUT2D eigenvalue weighted by molar-refractivity contribution is -0.149. The van der Waals surface area contributed by atoms with Gasteiger partial charge in [0.15, 0.2) is 5.79 Å². The molecule has 1 unspecified atom stereocenters. The van der Waals surface area contributed by atoms with Gasteiger partial charge in [0.1, 0.15) is 6.10 Å². The molecule has 0 amide bonds. The maximum atomic E-state index is 9.24. The van der Waals surface area contributed by atoms with Gasteiger partial charge in [-0.3, -0.25) is 0 Å². The molecule has 3 heteroatoms. The monoisotopic (exact) mass is 222 g/mol. The van der Waals surface area contributed by atoms with Gasteiger partial charge in [-0.1, -0.05) is 30.3 Å². The lowest BCUT2D eigenvalue weighted by Crippen LogP contribution is -2.28. The smallest absolute Gasteiger partial charge is 0.163 e. The molecule has 1 aromatic rings. The Labute approximate surface area is 96.0 Å². The molecule has 88 valence electrons. The Morgan fingerprint density at radius 3 is 2.38 bits per heavy atom. The number of rotatable bonds is 3. The van der Waals surface area contributed by atoms with E-state index in [2.05, 4.69) is 12.1 Å². The van der Waals surface area contributed by atoms with Gasteiger partial charge in [-0.15, -0.1) is 0 Å². The SMILES string of the molecule is CC1(C)OC(Cc2ccccc2)[C@H](CO)O1.